The lowest BCUT2D eigenvalue weighted by Crippen LogP contribution is -2.40. The number of rotatable bonds is 5. The summed E-state index contributed by atoms with van der Waals surface area (Å²) in [4.78, 5) is 19.6. The number of aryl methyl sites for hydroxylation is 1. The lowest BCUT2D eigenvalue weighted by Gasteiger charge is -2.29. The Morgan fingerprint density at radius 2 is 2.07 bits per heavy atom. The number of nitrogens with zero attached hydrogens (tertiary/aromatic N) is 3. The second kappa shape index (κ2) is 7.59. The third-order valence-corrected chi connectivity index (χ3v) is 5.83. The zero-order valence-electron chi connectivity index (χ0n) is 17.4. The first kappa shape index (κ1) is 19.6. The Balaban J connectivity index is 1.93. The standard InChI is InChI=1S/C23H27FN4O/c1-5-27(14(2)3)23(29)21-9-18(24)6-7-19(21)20-8-16(17-10-25-11-17)13-28-15(4)26-12-22(20)28/h6-9,12-14,17,25H,5,10-11H2,1-4H3. The third kappa shape index (κ3) is 3.42. The van der Waals surface area contributed by atoms with E-state index in [4.69, 9.17) is 0 Å². The van der Waals surface area contributed by atoms with Crippen molar-refractivity contribution in [2.45, 2.75) is 39.7 Å². The number of carbonyl (C=O) groups is 1. The highest BCUT2D eigenvalue weighted by molar-refractivity contribution is 6.03. The molecular formula is C23H27FN4O. The van der Waals surface area contributed by atoms with Gasteiger partial charge in [-0.3, -0.25) is 4.79 Å². The molecule has 1 aliphatic heterocycles. The van der Waals surface area contributed by atoms with Crippen LogP contribution in [-0.2, 0) is 0 Å². The van der Waals surface area contributed by atoms with E-state index in [2.05, 4.69) is 27.0 Å². The zero-order valence-corrected chi connectivity index (χ0v) is 17.4. The van der Waals surface area contributed by atoms with Gasteiger partial charge < -0.3 is 14.6 Å². The highest BCUT2D eigenvalue weighted by Crippen LogP contribution is 2.33. The number of amides is 1. The summed E-state index contributed by atoms with van der Waals surface area (Å²) in [6, 6.07) is 6.68. The van der Waals surface area contributed by atoms with Gasteiger partial charge in [-0.1, -0.05) is 6.07 Å². The Morgan fingerprint density at radius 1 is 1.31 bits per heavy atom. The summed E-state index contributed by atoms with van der Waals surface area (Å²) in [5.74, 6) is 0.768. The largest absolute Gasteiger partial charge is 0.336 e. The minimum atomic E-state index is -0.406. The van der Waals surface area contributed by atoms with Crippen LogP contribution in [0, 0.1) is 12.7 Å². The first-order chi connectivity index (χ1) is 13.9. The van der Waals surface area contributed by atoms with Crippen molar-refractivity contribution in [3.8, 4) is 11.1 Å². The Morgan fingerprint density at radius 3 is 2.69 bits per heavy atom. The fraction of sp³-hybridized carbons (Fsp3) is 0.391. The van der Waals surface area contributed by atoms with Gasteiger partial charge in [0.15, 0.2) is 0 Å². The Hall–Kier alpha value is -2.73. The molecule has 3 aromatic rings. The highest BCUT2D eigenvalue weighted by Gasteiger charge is 2.25. The van der Waals surface area contributed by atoms with Crippen molar-refractivity contribution >= 4 is 11.4 Å². The predicted octanol–water partition coefficient (Wildman–Crippen LogP) is 4.01. The number of hydrogen-bond acceptors (Lipinski definition) is 3. The van der Waals surface area contributed by atoms with Crippen molar-refractivity contribution in [2.75, 3.05) is 19.6 Å². The normalized spacial score (nSPS) is 14.4. The minimum Gasteiger partial charge on any atom is -0.336 e. The molecular weight excluding hydrogens is 367 g/mol. The molecule has 0 saturated carbocycles. The molecule has 0 radical (unpaired) electrons. The second-order valence-corrected chi connectivity index (χ2v) is 7.98. The third-order valence-electron chi connectivity index (χ3n) is 5.83. The summed E-state index contributed by atoms with van der Waals surface area (Å²) in [5.41, 5.74) is 4.18. The fourth-order valence-electron chi connectivity index (χ4n) is 4.03. The molecule has 152 valence electrons. The molecule has 2 aromatic heterocycles. The van der Waals surface area contributed by atoms with Crippen LogP contribution in [0.5, 0.6) is 0 Å². The Bertz CT molecular complexity index is 1070. The molecule has 1 aliphatic rings. The van der Waals surface area contributed by atoms with E-state index in [-0.39, 0.29) is 11.9 Å². The van der Waals surface area contributed by atoms with Gasteiger partial charge in [0.2, 0.25) is 0 Å². The minimum absolute atomic E-state index is 0.0354. The molecule has 1 N–H and O–H groups in total. The van der Waals surface area contributed by atoms with E-state index in [1.165, 1.54) is 17.7 Å². The molecule has 6 heteroatoms. The molecule has 0 atom stereocenters. The average Bonchev–Trinajstić information content (AvgIpc) is 3.01. The van der Waals surface area contributed by atoms with Crippen molar-refractivity contribution in [1.29, 1.82) is 0 Å². The lowest BCUT2D eigenvalue weighted by molar-refractivity contribution is 0.0717. The van der Waals surface area contributed by atoms with Gasteiger partial charge >= 0.3 is 0 Å². The number of fused-ring (bicyclic) bond motifs is 1. The summed E-state index contributed by atoms with van der Waals surface area (Å²) in [6.45, 7) is 10.3. The van der Waals surface area contributed by atoms with Crippen LogP contribution >= 0.6 is 0 Å². The van der Waals surface area contributed by atoms with Crippen molar-refractivity contribution < 1.29 is 9.18 Å². The maximum atomic E-state index is 14.2. The maximum Gasteiger partial charge on any atom is 0.254 e. The van der Waals surface area contributed by atoms with Gasteiger partial charge in [-0.2, -0.15) is 0 Å². The van der Waals surface area contributed by atoms with E-state index in [0.717, 1.165) is 35.6 Å². The molecule has 4 rings (SSSR count). The van der Waals surface area contributed by atoms with E-state index >= 15 is 0 Å². The Kier molecular flexibility index (Phi) is 5.13. The Labute approximate surface area is 170 Å². The van der Waals surface area contributed by atoms with Crippen molar-refractivity contribution in [3.63, 3.8) is 0 Å². The fourth-order valence-corrected chi connectivity index (χ4v) is 4.03. The van der Waals surface area contributed by atoms with Gasteiger partial charge in [-0.25, -0.2) is 9.37 Å². The topological polar surface area (TPSA) is 49.6 Å². The summed E-state index contributed by atoms with van der Waals surface area (Å²) in [5, 5.41) is 3.31. The summed E-state index contributed by atoms with van der Waals surface area (Å²) in [7, 11) is 0. The van der Waals surface area contributed by atoms with E-state index < -0.39 is 5.82 Å². The smallest absolute Gasteiger partial charge is 0.254 e. The second-order valence-electron chi connectivity index (χ2n) is 7.98. The van der Waals surface area contributed by atoms with Crippen LogP contribution in [0.2, 0.25) is 0 Å². The monoisotopic (exact) mass is 394 g/mol. The van der Waals surface area contributed by atoms with Crippen molar-refractivity contribution in [3.05, 3.63) is 59.4 Å². The van der Waals surface area contributed by atoms with Crippen LogP contribution in [-0.4, -0.2) is 45.9 Å². The van der Waals surface area contributed by atoms with Crippen LogP contribution in [0.25, 0.3) is 16.6 Å². The van der Waals surface area contributed by atoms with Gasteiger partial charge in [0.05, 0.1) is 17.3 Å². The van der Waals surface area contributed by atoms with Gasteiger partial charge in [0.25, 0.3) is 5.91 Å². The molecule has 1 fully saturated rings. The van der Waals surface area contributed by atoms with Crippen LogP contribution in [0.1, 0.15) is 48.4 Å². The van der Waals surface area contributed by atoms with Crippen molar-refractivity contribution in [1.82, 2.24) is 19.6 Å². The van der Waals surface area contributed by atoms with Crippen LogP contribution < -0.4 is 5.32 Å². The first-order valence-corrected chi connectivity index (χ1v) is 10.2. The number of carbonyl (C=O) groups excluding carboxylic acids is 1. The molecule has 1 aromatic carbocycles. The number of pyridine rings is 1. The van der Waals surface area contributed by atoms with Gasteiger partial charge in [-0.05, 0) is 57.0 Å². The number of imidazole rings is 1. The van der Waals surface area contributed by atoms with Crippen LogP contribution in [0.3, 0.4) is 0 Å². The zero-order chi connectivity index (χ0) is 20.7. The van der Waals surface area contributed by atoms with E-state index in [1.54, 1.807) is 11.0 Å². The molecule has 1 saturated heterocycles. The number of benzene rings is 1. The molecule has 5 nitrogen and oxygen atoms in total. The predicted molar refractivity (Wildman–Crippen MR) is 113 cm³/mol. The molecule has 0 aliphatic carbocycles. The molecule has 0 bridgehead atoms. The SMILES string of the molecule is CCN(C(=O)c1cc(F)ccc1-c1cc(C2CNC2)cn2c(C)ncc12)C(C)C. The quantitative estimate of drug-likeness (QED) is 0.711. The van der Waals surface area contributed by atoms with E-state index in [0.29, 0.717) is 18.0 Å². The van der Waals surface area contributed by atoms with E-state index in [1.807, 2.05) is 33.9 Å². The summed E-state index contributed by atoms with van der Waals surface area (Å²) < 4.78 is 16.3. The number of nitrogens with one attached hydrogen (secondary N) is 1. The number of hydrogen-bond donors (Lipinski definition) is 1. The average molecular weight is 394 g/mol. The van der Waals surface area contributed by atoms with Gasteiger partial charge in [0.1, 0.15) is 11.6 Å². The lowest BCUT2D eigenvalue weighted by atomic mass is 9.91. The molecule has 3 heterocycles. The molecule has 1 amide bonds. The first-order valence-electron chi connectivity index (χ1n) is 10.2. The van der Waals surface area contributed by atoms with Crippen LogP contribution in [0.15, 0.2) is 36.7 Å². The molecule has 0 unspecified atom stereocenters. The maximum absolute atomic E-state index is 14.2. The van der Waals surface area contributed by atoms with Crippen LogP contribution in [0.4, 0.5) is 4.39 Å². The molecule has 0 spiro atoms. The molecule has 29 heavy (non-hydrogen) atoms. The summed E-state index contributed by atoms with van der Waals surface area (Å²) >= 11 is 0. The van der Waals surface area contributed by atoms with Gasteiger partial charge in [0, 0.05) is 43.4 Å². The number of aromatic nitrogens is 2. The number of halogens is 1. The van der Waals surface area contributed by atoms with Crippen molar-refractivity contribution in [2.24, 2.45) is 0 Å². The van der Waals surface area contributed by atoms with E-state index in [9.17, 15) is 9.18 Å². The summed E-state index contributed by atoms with van der Waals surface area (Å²) in [6.07, 6.45) is 3.95. The highest BCUT2D eigenvalue weighted by atomic mass is 19.1. The van der Waals surface area contributed by atoms with Gasteiger partial charge in [-0.15, -0.1) is 0 Å².